The van der Waals surface area contributed by atoms with Gasteiger partial charge >= 0.3 is 5.97 Å². The van der Waals surface area contributed by atoms with E-state index >= 15 is 0 Å². The van der Waals surface area contributed by atoms with E-state index in [-0.39, 0.29) is 0 Å². The van der Waals surface area contributed by atoms with Gasteiger partial charge in [-0.15, -0.1) is 0 Å². The highest BCUT2D eigenvalue weighted by molar-refractivity contribution is 5.73. The summed E-state index contributed by atoms with van der Waals surface area (Å²) in [4.78, 5) is 12.7. The van der Waals surface area contributed by atoms with Crippen LogP contribution in [0, 0.1) is 6.92 Å². The summed E-state index contributed by atoms with van der Waals surface area (Å²) < 4.78 is 0. The van der Waals surface area contributed by atoms with Crippen LogP contribution in [0.4, 0.5) is 0 Å². The van der Waals surface area contributed by atoms with Crippen LogP contribution in [0.2, 0.25) is 0 Å². The Balaban J connectivity index is 2.79. The highest BCUT2D eigenvalue weighted by atomic mass is 16.4. The first-order valence-corrected chi connectivity index (χ1v) is 4.95. The van der Waals surface area contributed by atoms with Crippen LogP contribution in [-0.2, 0) is 11.2 Å². The van der Waals surface area contributed by atoms with Crippen LogP contribution in [0.5, 0.6) is 0 Å². The number of aliphatic carboxylic acids is 1. The van der Waals surface area contributed by atoms with E-state index in [1.165, 1.54) is 0 Å². The molecule has 82 valence electrons. The van der Waals surface area contributed by atoms with Crippen molar-refractivity contribution in [2.75, 3.05) is 14.1 Å². The van der Waals surface area contributed by atoms with Crippen molar-refractivity contribution in [1.29, 1.82) is 0 Å². The topological polar surface area (TPSA) is 40.5 Å². The molecule has 0 radical (unpaired) electrons. The number of nitrogens with zero attached hydrogens (tertiary/aromatic N) is 1. The zero-order chi connectivity index (χ0) is 11.4. The summed E-state index contributed by atoms with van der Waals surface area (Å²) >= 11 is 0. The lowest BCUT2D eigenvalue weighted by atomic mass is 10.0. The van der Waals surface area contributed by atoms with Crippen molar-refractivity contribution < 1.29 is 9.90 Å². The first kappa shape index (κ1) is 11.7. The molecule has 1 unspecified atom stereocenters. The first-order chi connectivity index (χ1) is 7.00. The smallest absolute Gasteiger partial charge is 0.321 e. The van der Waals surface area contributed by atoms with Crippen molar-refractivity contribution in [3.63, 3.8) is 0 Å². The molecule has 0 spiro atoms. The van der Waals surface area contributed by atoms with Crippen LogP contribution in [0.15, 0.2) is 24.3 Å². The zero-order valence-corrected chi connectivity index (χ0v) is 9.40. The molecule has 3 heteroatoms. The normalized spacial score (nSPS) is 12.8. The number of benzene rings is 1. The molecule has 0 saturated carbocycles. The molecule has 1 rings (SSSR count). The number of carbonyl (C=O) groups is 1. The number of rotatable bonds is 4. The van der Waals surface area contributed by atoms with Crippen LogP contribution >= 0.6 is 0 Å². The second-order valence-corrected chi connectivity index (χ2v) is 4.01. The molecule has 1 aromatic carbocycles. The minimum Gasteiger partial charge on any atom is -0.480 e. The van der Waals surface area contributed by atoms with E-state index in [2.05, 4.69) is 0 Å². The standard InChI is InChI=1S/C12H17NO2/c1-9-5-4-6-10(7-9)8-11(12(14)15)13(2)3/h4-7,11H,8H2,1-3H3,(H,14,15). The van der Waals surface area contributed by atoms with Gasteiger partial charge in [-0.2, -0.15) is 0 Å². The molecule has 3 nitrogen and oxygen atoms in total. The van der Waals surface area contributed by atoms with Gasteiger partial charge in [0.25, 0.3) is 0 Å². The third-order valence-corrected chi connectivity index (χ3v) is 2.42. The van der Waals surface area contributed by atoms with Crippen molar-refractivity contribution in [2.24, 2.45) is 0 Å². The molecule has 1 N–H and O–H groups in total. The molecule has 1 atom stereocenters. The molecule has 0 saturated heterocycles. The quantitative estimate of drug-likeness (QED) is 0.814. The molecule has 15 heavy (non-hydrogen) atoms. The van der Waals surface area contributed by atoms with Gasteiger partial charge in [0.1, 0.15) is 6.04 Å². The Morgan fingerprint density at radius 3 is 2.60 bits per heavy atom. The summed E-state index contributed by atoms with van der Waals surface area (Å²) in [5.41, 5.74) is 2.23. The van der Waals surface area contributed by atoms with E-state index in [4.69, 9.17) is 5.11 Å². The minimum atomic E-state index is -0.776. The SMILES string of the molecule is Cc1cccc(CC(C(=O)O)N(C)C)c1. The lowest BCUT2D eigenvalue weighted by Crippen LogP contribution is -2.37. The van der Waals surface area contributed by atoms with Gasteiger partial charge in [0.2, 0.25) is 0 Å². The summed E-state index contributed by atoms with van der Waals surface area (Å²) in [5, 5.41) is 9.03. The van der Waals surface area contributed by atoms with E-state index in [1.807, 2.05) is 31.2 Å². The number of aryl methyl sites for hydroxylation is 1. The molecular weight excluding hydrogens is 190 g/mol. The molecule has 0 aliphatic heterocycles. The summed E-state index contributed by atoms with van der Waals surface area (Å²) in [6, 6.07) is 7.51. The molecule has 0 aromatic heterocycles. The van der Waals surface area contributed by atoms with Gasteiger partial charge in [0.15, 0.2) is 0 Å². The zero-order valence-electron chi connectivity index (χ0n) is 9.40. The molecule has 0 aliphatic rings. The highest BCUT2D eigenvalue weighted by Gasteiger charge is 2.19. The van der Waals surface area contributed by atoms with Gasteiger partial charge < -0.3 is 5.11 Å². The second kappa shape index (κ2) is 4.94. The van der Waals surface area contributed by atoms with E-state index in [0.29, 0.717) is 6.42 Å². The predicted molar refractivity (Wildman–Crippen MR) is 60.0 cm³/mol. The molecule has 1 aromatic rings. The number of carboxylic acid groups (broad SMARTS) is 1. The monoisotopic (exact) mass is 207 g/mol. The Hall–Kier alpha value is -1.35. The maximum Gasteiger partial charge on any atom is 0.321 e. The molecule has 0 amide bonds. The van der Waals surface area contributed by atoms with Crippen LogP contribution in [0.25, 0.3) is 0 Å². The number of carboxylic acids is 1. The molecule has 0 aliphatic carbocycles. The van der Waals surface area contributed by atoms with Crippen LogP contribution < -0.4 is 0 Å². The van der Waals surface area contributed by atoms with Gasteiger partial charge in [-0.05, 0) is 33.0 Å². The maximum atomic E-state index is 11.0. The van der Waals surface area contributed by atoms with Gasteiger partial charge in [0.05, 0.1) is 0 Å². The van der Waals surface area contributed by atoms with Crippen LogP contribution in [-0.4, -0.2) is 36.1 Å². The Kier molecular flexibility index (Phi) is 3.86. The Bertz CT molecular complexity index is 347. The fraction of sp³-hybridized carbons (Fsp3) is 0.417. The van der Waals surface area contributed by atoms with Crippen molar-refractivity contribution in [2.45, 2.75) is 19.4 Å². The Morgan fingerprint density at radius 2 is 2.13 bits per heavy atom. The van der Waals surface area contributed by atoms with Gasteiger partial charge in [-0.25, -0.2) is 0 Å². The van der Waals surface area contributed by atoms with Crippen molar-refractivity contribution in [3.8, 4) is 0 Å². The van der Waals surface area contributed by atoms with Gasteiger partial charge in [-0.1, -0.05) is 29.8 Å². The molecule has 0 heterocycles. The predicted octanol–water partition coefficient (Wildman–Crippen LogP) is 1.55. The minimum absolute atomic E-state index is 0.452. The number of hydrogen-bond acceptors (Lipinski definition) is 2. The molecule has 0 bridgehead atoms. The summed E-state index contributed by atoms with van der Waals surface area (Å²) in [6.45, 7) is 2.01. The Labute approximate surface area is 90.3 Å². The average Bonchev–Trinajstić information content (AvgIpc) is 2.13. The summed E-state index contributed by atoms with van der Waals surface area (Å²) in [5.74, 6) is -0.776. The third-order valence-electron chi connectivity index (χ3n) is 2.42. The summed E-state index contributed by atoms with van der Waals surface area (Å²) in [6.07, 6.45) is 0.546. The molecular formula is C12H17NO2. The fourth-order valence-corrected chi connectivity index (χ4v) is 1.55. The van der Waals surface area contributed by atoms with Crippen LogP contribution in [0.3, 0.4) is 0 Å². The van der Waals surface area contributed by atoms with Gasteiger partial charge in [0, 0.05) is 0 Å². The molecule has 0 fully saturated rings. The third kappa shape index (κ3) is 3.36. The van der Waals surface area contributed by atoms with Crippen LogP contribution in [0.1, 0.15) is 11.1 Å². The average molecular weight is 207 g/mol. The van der Waals surface area contributed by atoms with Gasteiger partial charge in [-0.3, -0.25) is 9.69 Å². The van der Waals surface area contributed by atoms with E-state index < -0.39 is 12.0 Å². The van der Waals surface area contributed by atoms with Crippen molar-refractivity contribution in [1.82, 2.24) is 4.90 Å². The number of likely N-dealkylation sites (N-methyl/N-ethyl adjacent to an activating group) is 1. The van der Waals surface area contributed by atoms with E-state index in [1.54, 1.807) is 19.0 Å². The maximum absolute atomic E-state index is 11.0. The largest absolute Gasteiger partial charge is 0.480 e. The van der Waals surface area contributed by atoms with Crippen molar-refractivity contribution >= 4 is 5.97 Å². The fourth-order valence-electron chi connectivity index (χ4n) is 1.55. The summed E-state index contributed by atoms with van der Waals surface area (Å²) in [7, 11) is 3.57. The van der Waals surface area contributed by atoms with E-state index in [0.717, 1.165) is 11.1 Å². The first-order valence-electron chi connectivity index (χ1n) is 4.95. The number of hydrogen-bond donors (Lipinski definition) is 1. The van der Waals surface area contributed by atoms with Crippen molar-refractivity contribution in [3.05, 3.63) is 35.4 Å². The van der Waals surface area contributed by atoms with E-state index in [9.17, 15) is 4.79 Å². The second-order valence-electron chi connectivity index (χ2n) is 4.01. The Morgan fingerprint density at radius 1 is 1.47 bits per heavy atom. The highest BCUT2D eigenvalue weighted by Crippen LogP contribution is 2.09. The lowest BCUT2D eigenvalue weighted by molar-refractivity contribution is -0.142. The lowest BCUT2D eigenvalue weighted by Gasteiger charge is -2.20.